The minimum atomic E-state index is -0.774. The number of benzene rings is 2. The lowest BCUT2D eigenvalue weighted by Gasteiger charge is -2.22. The number of carbonyl (C=O) groups excluding carboxylic acids is 3. The van der Waals surface area contributed by atoms with Gasteiger partial charge in [-0.3, -0.25) is 19.6 Å². The first-order valence-electron chi connectivity index (χ1n) is 13.2. The summed E-state index contributed by atoms with van der Waals surface area (Å²) in [5.41, 5.74) is 4.82. The van der Waals surface area contributed by atoms with Crippen LogP contribution in [0.3, 0.4) is 0 Å². The van der Waals surface area contributed by atoms with Crippen molar-refractivity contribution in [1.82, 2.24) is 20.7 Å². The fourth-order valence-electron chi connectivity index (χ4n) is 5.07. The number of rotatable bonds is 7. The maximum atomic E-state index is 13.4. The van der Waals surface area contributed by atoms with E-state index in [0.717, 1.165) is 54.3 Å². The maximum Gasteiger partial charge on any atom is 0.244 e. The number of hydrogen-bond acceptors (Lipinski definition) is 4. The van der Waals surface area contributed by atoms with Crippen LogP contribution in [0.1, 0.15) is 49.7 Å². The van der Waals surface area contributed by atoms with E-state index in [1.54, 1.807) is 5.48 Å². The van der Waals surface area contributed by atoms with Crippen LogP contribution in [-0.4, -0.2) is 40.1 Å². The summed E-state index contributed by atoms with van der Waals surface area (Å²) in [5, 5.41) is 16.1. The molecule has 0 spiro atoms. The molecule has 2 bridgehead atoms. The molecule has 37 heavy (non-hydrogen) atoms. The monoisotopic (exact) mass is 504 g/mol. The SMILES string of the molecule is O=C(C[C@@H](CCc1ccccc1)C(=O)NC1Cc2cn(c3ccccc23)CCCCCCNC1=O)NO. The molecule has 1 aliphatic heterocycles. The van der Waals surface area contributed by atoms with Crippen molar-refractivity contribution in [3.05, 3.63) is 71.9 Å². The Hall–Kier alpha value is -3.65. The van der Waals surface area contributed by atoms with Gasteiger partial charge in [-0.1, -0.05) is 61.4 Å². The molecular weight excluding hydrogens is 468 g/mol. The second kappa shape index (κ2) is 13.1. The van der Waals surface area contributed by atoms with Crippen LogP contribution in [0.2, 0.25) is 0 Å². The zero-order valence-electron chi connectivity index (χ0n) is 21.1. The second-order valence-electron chi connectivity index (χ2n) is 9.80. The summed E-state index contributed by atoms with van der Waals surface area (Å²) < 4.78 is 2.24. The standard InChI is InChI=1S/C29H36N4O4/c34-27(32-37)19-22(15-14-21-10-4-3-5-11-21)28(35)31-25-18-23-20-33(26-13-7-6-12-24(23)26)17-9-2-1-8-16-30-29(25)36/h3-7,10-13,20,22,25,37H,1-2,8-9,14-19H2,(H,30,36)(H,31,35)(H,32,34)/t22-,25?/m1/s1. The molecule has 0 saturated heterocycles. The first kappa shape index (κ1) is 26.4. The third-order valence-corrected chi connectivity index (χ3v) is 7.10. The highest BCUT2D eigenvalue weighted by atomic mass is 16.5. The number of carbonyl (C=O) groups is 3. The largest absolute Gasteiger partial charge is 0.354 e. The number of aryl methyl sites for hydroxylation is 2. The zero-order valence-corrected chi connectivity index (χ0v) is 21.1. The number of hydroxylamine groups is 1. The molecule has 2 aromatic carbocycles. The van der Waals surface area contributed by atoms with Gasteiger partial charge in [0.2, 0.25) is 17.7 Å². The average molecular weight is 505 g/mol. The third kappa shape index (κ3) is 7.20. The number of fused-ring (bicyclic) bond motifs is 5. The van der Waals surface area contributed by atoms with E-state index in [1.807, 2.05) is 42.5 Å². The Kier molecular flexibility index (Phi) is 9.32. The summed E-state index contributed by atoms with van der Waals surface area (Å²) in [4.78, 5) is 38.6. The Bertz CT molecular complexity index is 1210. The number of nitrogens with zero attached hydrogens (tertiary/aromatic N) is 1. The predicted molar refractivity (Wildman–Crippen MR) is 142 cm³/mol. The second-order valence-corrected chi connectivity index (χ2v) is 9.80. The molecule has 1 aliphatic rings. The summed E-state index contributed by atoms with van der Waals surface area (Å²) in [5.74, 6) is -1.91. The van der Waals surface area contributed by atoms with E-state index in [2.05, 4.69) is 33.5 Å². The minimum absolute atomic E-state index is 0.164. The van der Waals surface area contributed by atoms with Gasteiger partial charge in [0, 0.05) is 48.9 Å². The van der Waals surface area contributed by atoms with Crippen molar-refractivity contribution in [3.8, 4) is 0 Å². The quantitative estimate of drug-likeness (QED) is 0.291. The molecule has 0 radical (unpaired) electrons. The molecule has 0 aliphatic carbocycles. The van der Waals surface area contributed by atoms with Gasteiger partial charge in [-0.15, -0.1) is 0 Å². The van der Waals surface area contributed by atoms with E-state index in [0.29, 0.717) is 25.8 Å². The van der Waals surface area contributed by atoms with Gasteiger partial charge in [0.25, 0.3) is 0 Å². The molecule has 196 valence electrons. The van der Waals surface area contributed by atoms with Crippen molar-refractivity contribution in [3.63, 3.8) is 0 Å². The predicted octanol–water partition coefficient (Wildman–Crippen LogP) is 3.50. The molecule has 3 amide bonds. The van der Waals surface area contributed by atoms with Crippen molar-refractivity contribution in [2.24, 2.45) is 5.92 Å². The van der Waals surface area contributed by atoms with Crippen LogP contribution in [0.25, 0.3) is 10.9 Å². The fraction of sp³-hybridized carbons (Fsp3) is 0.414. The number of nitrogens with one attached hydrogen (secondary N) is 3. The van der Waals surface area contributed by atoms with Gasteiger partial charge in [-0.05, 0) is 42.9 Å². The summed E-state index contributed by atoms with van der Waals surface area (Å²) in [7, 11) is 0. The van der Waals surface area contributed by atoms with Gasteiger partial charge in [0.1, 0.15) is 6.04 Å². The van der Waals surface area contributed by atoms with Crippen LogP contribution >= 0.6 is 0 Å². The average Bonchev–Trinajstić information content (AvgIpc) is 3.27. The van der Waals surface area contributed by atoms with Gasteiger partial charge >= 0.3 is 0 Å². The topological polar surface area (TPSA) is 112 Å². The number of aromatic nitrogens is 1. The lowest BCUT2D eigenvalue weighted by Crippen LogP contribution is -2.50. The van der Waals surface area contributed by atoms with Crippen molar-refractivity contribution in [2.45, 2.75) is 64.0 Å². The molecule has 0 fully saturated rings. The van der Waals surface area contributed by atoms with Crippen molar-refractivity contribution in [2.75, 3.05) is 6.54 Å². The molecule has 8 nitrogen and oxygen atoms in total. The lowest BCUT2D eigenvalue weighted by atomic mass is 9.94. The van der Waals surface area contributed by atoms with Gasteiger partial charge in [0.05, 0.1) is 0 Å². The molecule has 3 aromatic rings. The number of amides is 3. The van der Waals surface area contributed by atoms with Crippen molar-refractivity contribution < 1.29 is 19.6 Å². The Balaban J connectivity index is 1.56. The van der Waals surface area contributed by atoms with Gasteiger partial charge in [0.15, 0.2) is 0 Å². The van der Waals surface area contributed by atoms with Crippen LogP contribution in [0.15, 0.2) is 60.8 Å². The van der Waals surface area contributed by atoms with Crippen LogP contribution in [0.5, 0.6) is 0 Å². The van der Waals surface area contributed by atoms with Crippen LogP contribution in [0.4, 0.5) is 0 Å². The molecule has 4 rings (SSSR count). The number of hydrogen-bond donors (Lipinski definition) is 4. The Morgan fingerprint density at radius 1 is 1.03 bits per heavy atom. The minimum Gasteiger partial charge on any atom is -0.354 e. The molecule has 4 N–H and O–H groups in total. The summed E-state index contributed by atoms with van der Waals surface area (Å²) in [6, 6.07) is 17.1. The smallest absolute Gasteiger partial charge is 0.244 e. The first-order valence-corrected chi connectivity index (χ1v) is 13.2. The normalized spacial score (nSPS) is 17.5. The van der Waals surface area contributed by atoms with E-state index in [-0.39, 0.29) is 18.2 Å². The highest BCUT2D eigenvalue weighted by Crippen LogP contribution is 2.24. The molecule has 0 saturated carbocycles. The van der Waals surface area contributed by atoms with Crippen LogP contribution in [-0.2, 0) is 33.8 Å². The molecule has 1 unspecified atom stereocenters. The molecule has 2 atom stereocenters. The first-order chi connectivity index (χ1) is 18.0. The van der Waals surface area contributed by atoms with Gasteiger partial charge in [-0.2, -0.15) is 0 Å². The maximum absolute atomic E-state index is 13.4. The highest BCUT2D eigenvalue weighted by Gasteiger charge is 2.28. The van der Waals surface area contributed by atoms with Gasteiger partial charge < -0.3 is 15.2 Å². The van der Waals surface area contributed by atoms with E-state index in [9.17, 15) is 14.4 Å². The molecular formula is C29H36N4O4. The van der Waals surface area contributed by atoms with E-state index in [4.69, 9.17) is 5.21 Å². The van der Waals surface area contributed by atoms with E-state index < -0.39 is 17.9 Å². The third-order valence-electron chi connectivity index (χ3n) is 7.10. The molecule has 2 heterocycles. The summed E-state index contributed by atoms with van der Waals surface area (Å²) >= 11 is 0. The molecule has 8 heteroatoms. The van der Waals surface area contributed by atoms with E-state index in [1.165, 1.54) is 0 Å². The number of para-hydroxylation sites is 1. The summed E-state index contributed by atoms with van der Waals surface area (Å²) in [6.45, 7) is 1.48. The highest BCUT2D eigenvalue weighted by molar-refractivity contribution is 5.91. The van der Waals surface area contributed by atoms with Gasteiger partial charge in [-0.25, -0.2) is 5.48 Å². The Labute approximate surface area is 217 Å². The zero-order chi connectivity index (χ0) is 26.0. The summed E-state index contributed by atoms with van der Waals surface area (Å²) in [6.07, 6.45) is 7.38. The lowest BCUT2D eigenvalue weighted by molar-refractivity contribution is -0.136. The van der Waals surface area contributed by atoms with Crippen molar-refractivity contribution >= 4 is 28.6 Å². The Morgan fingerprint density at radius 3 is 2.59 bits per heavy atom. The van der Waals surface area contributed by atoms with Crippen LogP contribution < -0.4 is 16.1 Å². The van der Waals surface area contributed by atoms with Crippen molar-refractivity contribution in [1.29, 1.82) is 0 Å². The Morgan fingerprint density at radius 2 is 1.78 bits per heavy atom. The van der Waals surface area contributed by atoms with E-state index >= 15 is 0 Å². The molecule has 1 aromatic heterocycles. The van der Waals surface area contributed by atoms with Crippen LogP contribution in [0, 0.1) is 5.92 Å². The fourth-order valence-corrected chi connectivity index (χ4v) is 5.07.